The molecule has 1 heterocycles. The number of nitrogens with two attached hydrogens (primary N) is 1. The van der Waals surface area contributed by atoms with E-state index >= 15 is 0 Å². The molecule has 1 atom stereocenters. The average Bonchev–Trinajstić information content (AvgIpc) is 3.25. The highest BCUT2D eigenvalue weighted by molar-refractivity contribution is 6.35. The van der Waals surface area contributed by atoms with Crippen molar-refractivity contribution in [1.82, 2.24) is 15.1 Å². The van der Waals surface area contributed by atoms with Gasteiger partial charge in [0.15, 0.2) is 5.69 Å². The number of nitrogens with zero attached hydrogens (tertiary/aromatic N) is 2. The summed E-state index contributed by atoms with van der Waals surface area (Å²) in [5.74, 6) is 0.309. The van der Waals surface area contributed by atoms with Crippen molar-refractivity contribution in [1.29, 1.82) is 0 Å². The van der Waals surface area contributed by atoms with Crippen LogP contribution >= 0.6 is 23.2 Å². The van der Waals surface area contributed by atoms with Crippen LogP contribution in [0.1, 0.15) is 47.9 Å². The van der Waals surface area contributed by atoms with Crippen molar-refractivity contribution in [3.05, 3.63) is 45.2 Å². The number of amides is 1. The van der Waals surface area contributed by atoms with Crippen molar-refractivity contribution in [3.8, 4) is 5.69 Å². The minimum absolute atomic E-state index is 0.146. The standard InChI is InChI=1S/C19H22Cl2N4O/c1-19(10-22,11-5-6-11)23-18(26)17-13-3-2-4-15(13)25(24-17)16-8-7-12(20)9-14(16)21/h7-9,11H,2-6,10,22H2,1H3,(H,23,26). The van der Waals surface area contributed by atoms with Gasteiger partial charge in [0.05, 0.1) is 16.2 Å². The number of nitrogens with one attached hydrogen (secondary N) is 1. The predicted molar refractivity (Wildman–Crippen MR) is 103 cm³/mol. The van der Waals surface area contributed by atoms with Crippen LogP contribution in [0.3, 0.4) is 0 Å². The maximum atomic E-state index is 13.0. The number of fused-ring (bicyclic) bond motifs is 1. The van der Waals surface area contributed by atoms with E-state index in [9.17, 15) is 4.79 Å². The zero-order chi connectivity index (χ0) is 18.5. The van der Waals surface area contributed by atoms with E-state index < -0.39 is 0 Å². The van der Waals surface area contributed by atoms with Crippen LogP contribution in [0, 0.1) is 5.92 Å². The average molecular weight is 393 g/mol. The van der Waals surface area contributed by atoms with Gasteiger partial charge in [0.25, 0.3) is 5.91 Å². The summed E-state index contributed by atoms with van der Waals surface area (Å²) < 4.78 is 1.80. The van der Waals surface area contributed by atoms with E-state index in [4.69, 9.17) is 28.9 Å². The van der Waals surface area contributed by atoms with Crippen molar-refractivity contribution in [2.24, 2.45) is 11.7 Å². The van der Waals surface area contributed by atoms with Gasteiger partial charge in [0, 0.05) is 22.8 Å². The summed E-state index contributed by atoms with van der Waals surface area (Å²) >= 11 is 12.4. The van der Waals surface area contributed by atoms with Gasteiger partial charge in [-0.3, -0.25) is 4.79 Å². The Hall–Kier alpha value is -1.56. The maximum Gasteiger partial charge on any atom is 0.272 e. The van der Waals surface area contributed by atoms with Crippen molar-refractivity contribution in [2.45, 2.75) is 44.6 Å². The molecule has 0 radical (unpaired) electrons. The fraction of sp³-hybridized carbons (Fsp3) is 0.474. The Bertz CT molecular complexity index is 875. The number of hydrogen-bond donors (Lipinski definition) is 2. The third-order valence-electron chi connectivity index (χ3n) is 5.58. The van der Waals surface area contributed by atoms with Crippen molar-refractivity contribution >= 4 is 29.1 Å². The number of rotatable bonds is 5. The van der Waals surface area contributed by atoms with E-state index in [1.165, 1.54) is 0 Å². The molecule has 0 aliphatic heterocycles. The molecule has 1 unspecified atom stereocenters. The van der Waals surface area contributed by atoms with Crippen molar-refractivity contribution in [3.63, 3.8) is 0 Å². The lowest BCUT2D eigenvalue weighted by Crippen LogP contribution is -2.53. The molecule has 26 heavy (non-hydrogen) atoms. The molecule has 7 heteroatoms. The highest BCUT2D eigenvalue weighted by atomic mass is 35.5. The lowest BCUT2D eigenvalue weighted by Gasteiger charge is -2.29. The Morgan fingerprint density at radius 3 is 2.81 bits per heavy atom. The fourth-order valence-electron chi connectivity index (χ4n) is 3.83. The van der Waals surface area contributed by atoms with Crippen LogP contribution in [0.4, 0.5) is 0 Å². The topological polar surface area (TPSA) is 72.9 Å². The van der Waals surface area contributed by atoms with Crippen LogP contribution in [0.15, 0.2) is 18.2 Å². The van der Waals surface area contributed by atoms with Gasteiger partial charge >= 0.3 is 0 Å². The third kappa shape index (κ3) is 3.02. The maximum absolute atomic E-state index is 13.0. The number of halogens is 2. The van der Waals surface area contributed by atoms with E-state index in [1.807, 2.05) is 13.0 Å². The Kier molecular flexibility index (Phi) is 4.49. The van der Waals surface area contributed by atoms with Crippen LogP contribution in [-0.4, -0.2) is 27.8 Å². The minimum Gasteiger partial charge on any atom is -0.344 e. The lowest BCUT2D eigenvalue weighted by molar-refractivity contribution is 0.0891. The van der Waals surface area contributed by atoms with Crippen molar-refractivity contribution < 1.29 is 4.79 Å². The van der Waals surface area contributed by atoms with E-state index in [-0.39, 0.29) is 11.4 Å². The molecule has 2 aliphatic rings. The molecule has 5 nitrogen and oxygen atoms in total. The SMILES string of the molecule is CC(CN)(NC(=O)c1nn(-c2ccc(Cl)cc2Cl)c2c1CCC2)C1CC1. The Balaban J connectivity index is 1.71. The van der Waals surface area contributed by atoms with Gasteiger partial charge in [0.2, 0.25) is 0 Å². The van der Waals surface area contributed by atoms with Crippen LogP contribution < -0.4 is 11.1 Å². The Labute approximate surface area is 162 Å². The third-order valence-corrected chi connectivity index (χ3v) is 6.12. The number of aromatic nitrogens is 2. The molecule has 1 saturated carbocycles. The first kappa shape index (κ1) is 17.8. The van der Waals surface area contributed by atoms with E-state index in [2.05, 4.69) is 10.4 Å². The first-order valence-electron chi connectivity index (χ1n) is 9.02. The van der Waals surface area contributed by atoms with E-state index in [0.717, 1.165) is 49.0 Å². The van der Waals surface area contributed by atoms with Crippen LogP contribution in [0.25, 0.3) is 5.69 Å². The molecule has 0 saturated heterocycles. The molecule has 0 bridgehead atoms. The molecule has 2 aliphatic carbocycles. The highest BCUT2D eigenvalue weighted by Gasteiger charge is 2.42. The smallest absolute Gasteiger partial charge is 0.272 e. The molecule has 138 valence electrons. The van der Waals surface area contributed by atoms with Gasteiger partial charge in [-0.15, -0.1) is 0 Å². The first-order chi connectivity index (χ1) is 12.4. The summed E-state index contributed by atoms with van der Waals surface area (Å²) in [6.07, 6.45) is 4.97. The molecule has 1 fully saturated rings. The van der Waals surface area contributed by atoms with Crippen molar-refractivity contribution in [2.75, 3.05) is 6.54 Å². The van der Waals surface area contributed by atoms with Crippen LogP contribution in [0.5, 0.6) is 0 Å². The number of carbonyl (C=O) groups excluding carboxylic acids is 1. The lowest BCUT2D eigenvalue weighted by atomic mass is 9.95. The molecule has 1 aromatic carbocycles. The number of benzene rings is 1. The minimum atomic E-state index is -0.371. The number of hydrogen-bond acceptors (Lipinski definition) is 3. The highest BCUT2D eigenvalue weighted by Crippen LogP contribution is 2.39. The summed E-state index contributed by atoms with van der Waals surface area (Å²) in [5, 5.41) is 8.87. The van der Waals surface area contributed by atoms with Crippen LogP contribution in [-0.2, 0) is 12.8 Å². The summed E-state index contributed by atoms with van der Waals surface area (Å²) in [7, 11) is 0. The second-order valence-electron chi connectivity index (χ2n) is 7.48. The normalized spacial score (nSPS) is 18.5. The summed E-state index contributed by atoms with van der Waals surface area (Å²) in [6, 6.07) is 5.32. The molecule has 1 amide bonds. The summed E-state index contributed by atoms with van der Waals surface area (Å²) in [5.41, 5.74) is 8.89. The van der Waals surface area contributed by atoms with Crippen LogP contribution in [0.2, 0.25) is 10.0 Å². The predicted octanol–water partition coefficient (Wildman–Crippen LogP) is 3.53. The molecular formula is C19H22Cl2N4O. The summed E-state index contributed by atoms with van der Waals surface area (Å²) in [6.45, 7) is 2.45. The van der Waals surface area contributed by atoms with Gasteiger partial charge < -0.3 is 11.1 Å². The van der Waals surface area contributed by atoms with Gasteiger partial charge in [-0.2, -0.15) is 5.10 Å². The van der Waals surface area contributed by atoms with Gasteiger partial charge in [0.1, 0.15) is 0 Å². The van der Waals surface area contributed by atoms with Gasteiger partial charge in [-0.25, -0.2) is 4.68 Å². The molecule has 4 rings (SSSR count). The zero-order valence-corrected chi connectivity index (χ0v) is 16.2. The Morgan fingerprint density at radius 2 is 2.15 bits per heavy atom. The number of carbonyl (C=O) groups is 1. The monoisotopic (exact) mass is 392 g/mol. The zero-order valence-electron chi connectivity index (χ0n) is 14.7. The second-order valence-corrected chi connectivity index (χ2v) is 8.33. The van der Waals surface area contributed by atoms with E-state index in [0.29, 0.717) is 28.2 Å². The van der Waals surface area contributed by atoms with E-state index in [1.54, 1.807) is 16.8 Å². The Morgan fingerprint density at radius 1 is 1.38 bits per heavy atom. The van der Waals surface area contributed by atoms with Gasteiger partial charge in [-0.05, 0) is 63.1 Å². The largest absolute Gasteiger partial charge is 0.344 e. The molecule has 3 N–H and O–H groups in total. The first-order valence-corrected chi connectivity index (χ1v) is 9.77. The molecule has 1 aromatic heterocycles. The second kappa shape index (κ2) is 6.55. The van der Waals surface area contributed by atoms with Gasteiger partial charge in [-0.1, -0.05) is 23.2 Å². The molecular weight excluding hydrogens is 371 g/mol. The molecule has 0 spiro atoms. The quantitative estimate of drug-likeness (QED) is 0.817. The fourth-order valence-corrected chi connectivity index (χ4v) is 4.32. The summed E-state index contributed by atoms with van der Waals surface area (Å²) in [4.78, 5) is 13.0. The molecule has 2 aromatic rings.